The van der Waals surface area contributed by atoms with Crippen molar-refractivity contribution >= 4 is 22.3 Å². The molecule has 202 valence electrons. The number of pyridine rings is 1. The topological polar surface area (TPSA) is 99.1 Å². The molecule has 4 heterocycles. The Bertz CT molecular complexity index is 2070. The Morgan fingerprint density at radius 2 is 1.83 bits per heavy atom. The minimum absolute atomic E-state index is 0.217. The predicted octanol–water partition coefficient (Wildman–Crippen LogP) is 4.27. The summed E-state index contributed by atoms with van der Waals surface area (Å²) in [6.07, 6.45) is 5.30. The van der Waals surface area contributed by atoms with Crippen molar-refractivity contribution in [1.82, 2.24) is 34.3 Å². The largest absolute Gasteiger partial charge is 0.344 e. The standard InChI is InChI=1S/C32H27N7O2/c1-20-15-16-38-30(34-20)28(22(3)36-38)31(40)35-21(2)27-17-25-10-8-9-24(14-13-23-18-33-37(4)19-23)29(25)32(41)39(27)26-11-6-5-7-12-26/h5-12,15-19,21H,1-4H3,(H,35,40)/t21-/m1/s1. The normalized spacial score (nSPS) is 11.8. The molecule has 0 spiro atoms. The van der Waals surface area contributed by atoms with Crippen molar-refractivity contribution in [2.45, 2.75) is 26.8 Å². The number of aryl methyl sites for hydroxylation is 3. The van der Waals surface area contributed by atoms with E-state index in [0.29, 0.717) is 39.2 Å². The van der Waals surface area contributed by atoms with Crippen molar-refractivity contribution in [3.63, 3.8) is 0 Å². The molecule has 6 rings (SSSR count). The van der Waals surface area contributed by atoms with E-state index in [1.165, 1.54) is 0 Å². The molecule has 4 aromatic heterocycles. The number of amides is 1. The van der Waals surface area contributed by atoms with Crippen LogP contribution in [-0.4, -0.2) is 34.9 Å². The highest BCUT2D eigenvalue weighted by atomic mass is 16.2. The minimum Gasteiger partial charge on any atom is -0.344 e. The molecule has 0 saturated heterocycles. The molecule has 9 heteroatoms. The summed E-state index contributed by atoms with van der Waals surface area (Å²) in [5.74, 6) is 5.96. The maximum Gasteiger partial charge on any atom is 0.264 e. The molecule has 1 atom stereocenters. The summed E-state index contributed by atoms with van der Waals surface area (Å²) in [5, 5.41) is 12.9. The number of hydrogen-bond acceptors (Lipinski definition) is 5. The van der Waals surface area contributed by atoms with Crippen molar-refractivity contribution in [3.05, 3.63) is 123 Å². The van der Waals surface area contributed by atoms with E-state index in [2.05, 4.69) is 32.3 Å². The quantitative estimate of drug-likeness (QED) is 0.336. The summed E-state index contributed by atoms with van der Waals surface area (Å²) in [4.78, 5) is 32.3. The first-order valence-corrected chi connectivity index (χ1v) is 13.2. The van der Waals surface area contributed by atoms with Crippen LogP contribution in [0.3, 0.4) is 0 Å². The number of hydrogen-bond donors (Lipinski definition) is 1. The molecule has 0 bridgehead atoms. The van der Waals surface area contributed by atoms with Crippen LogP contribution in [-0.2, 0) is 7.05 Å². The zero-order valence-corrected chi connectivity index (χ0v) is 23.1. The van der Waals surface area contributed by atoms with Crippen molar-refractivity contribution in [3.8, 4) is 17.5 Å². The van der Waals surface area contributed by atoms with Gasteiger partial charge in [0, 0.05) is 42.1 Å². The zero-order valence-electron chi connectivity index (χ0n) is 23.1. The summed E-state index contributed by atoms with van der Waals surface area (Å²) in [7, 11) is 1.83. The van der Waals surface area contributed by atoms with Crippen molar-refractivity contribution in [2.75, 3.05) is 0 Å². The number of fused-ring (bicyclic) bond motifs is 2. The Labute approximate surface area is 236 Å². The Balaban J connectivity index is 1.47. The molecule has 1 amide bonds. The van der Waals surface area contributed by atoms with Gasteiger partial charge in [-0.2, -0.15) is 10.2 Å². The number of aromatic nitrogens is 6. The van der Waals surface area contributed by atoms with Gasteiger partial charge < -0.3 is 5.32 Å². The van der Waals surface area contributed by atoms with E-state index >= 15 is 0 Å². The van der Waals surface area contributed by atoms with E-state index in [9.17, 15) is 9.59 Å². The van der Waals surface area contributed by atoms with Gasteiger partial charge in [0.2, 0.25) is 0 Å². The Hall–Kier alpha value is -5.49. The second-order valence-electron chi connectivity index (χ2n) is 9.96. The molecule has 9 nitrogen and oxygen atoms in total. The highest BCUT2D eigenvalue weighted by Crippen LogP contribution is 2.24. The molecule has 0 saturated carbocycles. The van der Waals surface area contributed by atoms with Crippen LogP contribution >= 0.6 is 0 Å². The van der Waals surface area contributed by atoms with Crippen LogP contribution in [0.15, 0.2) is 84.0 Å². The third-order valence-corrected chi connectivity index (χ3v) is 6.95. The molecule has 0 aliphatic carbocycles. The van der Waals surface area contributed by atoms with Gasteiger partial charge in [-0.3, -0.25) is 18.8 Å². The van der Waals surface area contributed by atoms with Crippen LogP contribution < -0.4 is 10.9 Å². The molecule has 1 N–H and O–H groups in total. The number of rotatable bonds is 4. The van der Waals surface area contributed by atoms with Gasteiger partial charge in [0.25, 0.3) is 11.5 Å². The van der Waals surface area contributed by atoms with Crippen molar-refractivity contribution in [2.24, 2.45) is 7.05 Å². The fourth-order valence-corrected chi connectivity index (χ4v) is 5.01. The summed E-state index contributed by atoms with van der Waals surface area (Å²) in [5.41, 5.74) is 4.74. The minimum atomic E-state index is -0.524. The van der Waals surface area contributed by atoms with Gasteiger partial charge in [0.15, 0.2) is 5.65 Å². The molecule has 0 unspecified atom stereocenters. The maximum absolute atomic E-state index is 14.2. The summed E-state index contributed by atoms with van der Waals surface area (Å²) in [6, 6.07) is 18.3. The van der Waals surface area contributed by atoms with Gasteiger partial charge in [-0.1, -0.05) is 42.2 Å². The smallest absolute Gasteiger partial charge is 0.264 e. The van der Waals surface area contributed by atoms with Crippen LogP contribution in [0.2, 0.25) is 0 Å². The Morgan fingerprint density at radius 3 is 2.59 bits per heavy atom. The lowest BCUT2D eigenvalue weighted by Crippen LogP contribution is -2.32. The molecule has 0 aliphatic rings. The number of nitrogens with one attached hydrogen (secondary N) is 1. The molecular formula is C32H27N7O2. The van der Waals surface area contributed by atoms with Gasteiger partial charge in [-0.15, -0.1) is 0 Å². The Morgan fingerprint density at radius 1 is 1.02 bits per heavy atom. The van der Waals surface area contributed by atoms with E-state index in [1.54, 1.807) is 33.1 Å². The first kappa shape index (κ1) is 25.8. The average Bonchev–Trinajstić information content (AvgIpc) is 3.53. The van der Waals surface area contributed by atoms with Gasteiger partial charge in [-0.25, -0.2) is 9.50 Å². The number of para-hydroxylation sites is 1. The predicted molar refractivity (Wildman–Crippen MR) is 157 cm³/mol. The Kier molecular flexibility index (Phi) is 6.44. The number of benzene rings is 2. The van der Waals surface area contributed by atoms with Gasteiger partial charge >= 0.3 is 0 Å². The zero-order chi connectivity index (χ0) is 28.7. The first-order valence-electron chi connectivity index (χ1n) is 13.2. The summed E-state index contributed by atoms with van der Waals surface area (Å²) < 4.78 is 4.93. The van der Waals surface area contributed by atoms with Crippen molar-refractivity contribution in [1.29, 1.82) is 0 Å². The van der Waals surface area contributed by atoms with Crippen LogP contribution in [0.5, 0.6) is 0 Å². The summed E-state index contributed by atoms with van der Waals surface area (Å²) in [6.45, 7) is 5.52. The third kappa shape index (κ3) is 4.76. The van der Waals surface area contributed by atoms with E-state index < -0.39 is 6.04 Å². The fourth-order valence-electron chi connectivity index (χ4n) is 5.01. The second kappa shape index (κ2) is 10.2. The average molecular weight is 542 g/mol. The van der Waals surface area contributed by atoms with E-state index in [-0.39, 0.29) is 11.5 Å². The SMILES string of the molecule is Cc1ccn2nc(C)c(C(=O)N[C@H](C)c3cc4cccc(C#Cc5cnn(C)c5)c4c(=O)n3-c3ccccc3)c2n1. The van der Waals surface area contributed by atoms with Crippen LogP contribution in [0.4, 0.5) is 0 Å². The first-order chi connectivity index (χ1) is 19.8. The molecule has 0 radical (unpaired) electrons. The molecule has 0 fully saturated rings. The molecule has 41 heavy (non-hydrogen) atoms. The van der Waals surface area contributed by atoms with E-state index in [4.69, 9.17) is 0 Å². The highest BCUT2D eigenvalue weighted by molar-refractivity contribution is 6.01. The summed E-state index contributed by atoms with van der Waals surface area (Å²) >= 11 is 0. The monoisotopic (exact) mass is 541 g/mol. The van der Waals surface area contributed by atoms with Crippen LogP contribution in [0.25, 0.3) is 22.1 Å². The molecule has 0 aliphatic heterocycles. The van der Waals surface area contributed by atoms with Gasteiger partial charge in [-0.05, 0) is 56.5 Å². The number of carbonyl (C=O) groups excluding carboxylic acids is 1. The van der Waals surface area contributed by atoms with Crippen LogP contribution in [0.1, 0.15) is 51.5 Å². The lowest BCUT2D eigenvalue weighted by Gasteiger charge is -2.21. The maximum atomic E-state index is 14.2. The van der Waals surface area contributed by atoms with Crippen molar-refractivity contribution < 1.29 is 4.79 Å². The van der Waals surface area contributed by atoms with E-state index in [1.807, 2.05) is 87.8 Å². The van der Waals surface area contributed by atoms with Crippen LogP contribution in [0, 0.1) is 25.7 Å². The molecular weight excluding hydrogens is 514 g/mol. The lowest BCUT2D eigenvalue weighted by molar-refractivity contribution is 0.0939. The fraction of sp³-hybridized carbons (Fsp3) is 0.156. The third-order valence-electron chi connectivity index (χ3n) is 6.95. The van der Waals surface area contributed by atoms with Gasteiger partial charge in [0.05, 0.1) is 28.9 Å². The van der Waals surface area contributed by atoms with Gasteiger partial charge in [0.1, 0.15) is 5.56 Å². The lowest BCUT2D eigenvalue weighted by atomic mass is 10.0. The number of carbonyl (C=O) groups is 1. The van der Waals surface area contributed by atoms with E-state index in [0.717, 1.165) is 16.6 Å². The highest BCUT2D eigenvalue weighted by Gasteiger charge is 2.23. The second-order valence-corrected chi connectivity index (χ2v) is 9.96. The molecule has 6 aromatic rings. The number of nitrogens with zero attached hydrogens (tertiary/aromatic N) is 6. The molecule has 2 aromatic carbocycles.